The van der Waals surface area contributed by atoms with Crippen LogP contribution in [0.1, 0.15) is 42.6 Å². The number of nitrogens with one attached hydrogen (secondary N) is 2. The largest absolute Gasteiger partial charge is 0.338 e. The minimum Gasteiger partial charge on any atom is -0.338 e. The van der Waals surface area contributed by atoms with Gasteiger partial charge in [-0.25, -0.2) is 8.42 Å². The van der Waals surface area contributed by atoms with E-state index in [1.54, 1.807) is 12.1 Å². The molecule has 0 aliphatic rings. The SMILES string of the molecule is CC(C)(C)c1ccc(-c2noc(CNS(=O)(=O)c3nnc(NC(=O)c4ccc(Cl)cc4)s3)n2)cc1. The fraction of sp³-hybridized carbons (Fsp3) is 0.227. The van der Waals surface area contributed by atoms with Gasteiger partial charge in [0.25, 0.3) is 15.9 Å². The van der Waals surface area contributed by atoms with Gasteiger partial charge in [-0.3, -0.25) is 10.1 Å². The molecule has 0 fully saturated rings. The van der Waals surface area contributed by atoms with Crippen molar-refractivity contribution in [2.75, 3.05) is 5.32 Å². The Morgan fingerprint density at radius 2 is 1.74 bits per heavy atom. The molecular weight excluding hydrogens is 512 g/mol. The van der Waals surface area contributed by atoms with Crippen LogP contribution in [0.3, 0.4) is 0 Å². The van der Waals surface area contributed by atoms with E-state index in [1.165, 1.54) is 17.7 Å². The first-order valence-electron chi connectivity index (χ1n) is 10.3. The van der Waals surface area contributed by atoms with Gasteiger partial charge in [-0.15, -0.1) is 10.2 Å². The summed E-state index contributed by atoms with van der Waals surface area (Å²) >= 11 is 6.53. The Morgan fingerprint density at radius 3 is 2.40 bits per heavy atom. The summed E-state index contributed by atoms with van der Waals surface area (Å²) in [6, 6.07) is 14.0. The molecule has 0 saturated carbocycles. The first-order chi connectivity index (χ1) is 16.5. The van der Waals surface area contributed by atoms with Gasteiger partial charge in [0.05, 0.1) is 6.54 Å². The maximum atomic E-state index is 12.6. The predicted octanol–water partition coefficient (Wildman–Crippen LogP) is 4.27. The van der Waals surface area contributed by atoms with Gasteiger partial charge in [0.15, 0.2) is 0 Å². The fourth-order valence-electron chi connectivity index (χ4n) is 2.92. The van der Waals surface area contributed by atoms with Crippen LogP contribution in [0.2, 0.25) is 5.02 Å². The van der Waals surface area contributed by atoms with Gasteiger partial charge in [0, 0.05) is 16.1 Å². The molecule has 0 aliphatic carbocycles. The summed E-state index contributed by atoms with van der Waals surface area (Å²) in [6.45, 7) is 6.13. The number of nitrogens with zero attached hydrogens (tertiary/aromatic N) is 4. The highest BCUT2D eigenvalue weighted by Gasteiger charge is 2.22. The summed E-state index contributed by atoms with van der Waals surface area (Å²) < 4.78 is 32.4. The van der Waals surface area contributed by atoms with Gasteiger partial charge >= 0.3 is 0 Å². The average Bonchev–Trinajstić information content (AvgIpc) is 3.48. The number of carbonyl (C=O) groups is 1. The fourth-order valence-corrected chi connectivity index (χ4v) is 4.96. The molecule has 0 radical (unpaired) electrons. The van der Waals surface area contributed by atoms with Crippen molar-refractivity contribution >= 4 is 44.0 Å². The molecule has 0 saturated heterocycles. The molecule has 35 heavy (non-hydrogen) atoms. The second-order valence-electron chi connectivity index (χ2n) is 8.50. The van der Waals surface area contributed by atoms with Crippen LogP contribution in [-0.2, 0) is 22.0 Å². The number of aromatic nitrogens is 4. The molecule has 0 atom stereocenters. The van der Waals surface area contributed by atoms with Crippen molar-refractivity contribution in [3.8, 4) is 11.4 Å². The van der Waals surface area contributed by atoms with E-state index in [0.29, 0.717) is 27.7 Å². The third-order valence-electron chi connectivity index (χ3n) is 4.85. The van der Waals surface area contributed by atoms with Crippen LogP contribution >= 0.6 is 22.9 Å². The molecule has 182 valence electrons. The number of carbonyl (C=O) groups excluding carboxylic acids is 1. The first-order valence-corrected chi connectivity index (χ1v) is 13.0. The summed E-state index contributed by atoms with van der Waals surface area (Å²) in [6.07, 6.45) is 0. The molecule has 2 aromatic carbocycles. The van der Waals surface area contributed by atoms with Crippen LogP contribution in [0.4, 0.5) is 5.13 Å². The van der Waals surface area contributed by atoms with Crippen molar-refractivity contribution < 1.29 is 17.7 Å². The quantitative estimate of drug-likeness (QED) is 0.336. The number of hydrogen-bond acceptors (Lipinski definition) is 9. The van der Waals surface area contributed by atoms with Crippen LogP contribution in [0.15, 0.2) is 57.4 Å². The molecule has 2 N–H and O–H groups in total. The minimum absolute atomic E-state index is 0.0163. The smallest absolute Gasteiger partial charge is 0.270 e. The predicted molar refractivity (Wildman–Crippen MR) is 132 cm³/mol. The lowest BCUT2D eigenvalue weighted by Gasteiger charge is -2.18. The van der Waals surface area contributed by atoms with Crippen LogP contribution in [0, 0.1) is 0 Å². The van der Waals surface area contributed by atoms with Gasteiger partial charge in [-0.05, 0) is 35.2 Å². The normalized spacial score (nSPS) is 12.0. The topological polar surface area (TPSA) is 140 Å². The number of benzene rings is 2. The highest BCUT2D eigenvalue weighted by Crippen LogP contribution is 2.25. The molecule has 0 unspecified atom stereocenters. The van der Waals surface area contributed by atoms with Gasteiger partial charge in [-0.2, -0.15) is 9.71 Å². The molecule has 4 aromatic rings. The molecule has 4 rings (SSSR count). The number of halogens is 1. The Balaban J connectivity index is 1.38. The van der Waals surface area contributed by atoms with Crippen LogP contribution in [0.5, 0.6) is 0 Å². The summed E-state index contributed by atoms with van der Waals surface area (Å²) in [5.41, 5.74) is 2.27. The summed E-state index contributed by atoms with van der Waals surface area (Å²) in [7, 11) is -4.02. The van der Waals surface area contributed by atoms with E-state index in [1.807, 2.05) is 24.3 Å². The maximum Gasteiger partial charge on any atom is 0.270 e. The standard InChI is InChI=1S/C22H21ClN6O4S2/c1-22(2,3)15-8-4-13(5-9-15)18-25-17(33-29-18)12-24-35(31,32)21-28-27-20(34-21)26-19(30)14-6-10-16(23)11-7-14/h4-11,24H,12H2,1-3H3,(H,26,27,30). The third kappa shape index (κ3) is 6.09. The summed E-state index contributed by atoms with van der Waals surface area (Å²) in [4.78, 5) is 16.5. The minimum atomic E-state index is -4.02. The van der Waals surface area contributed by atoms with Crippen molar-refractivity contribution in [1.29, 1.82) is 0 Å². The Hall–Kier alpha value is -3.19. The highest BCUT2D eigenvalue weighted by atomic mass is 35.5. The molecule has 0 aliphatic heterocycles. The number of amides is 1. The van der Waals surface area contributed by atoms with Crippen molar-refractivity contribution in [3.05, 3.63) is 70.6 Å². The second-order valence-corrected chi connectivity index (χ2v) is 11.9. The molecule has 0 bridgehead atoms. The number of hydrogen-bond donors (Lipinski definition) is 2. The average molecular weight is 533 g/mol. The monoisotopic (exact) mass is 532 g/mol. The van der Waals surface area contributed by atoms with Crippen LogP contribution in [0.25, 0.3) is 11.4 Å². The van der Waals surface area contributed by atoms with E-state index in [9.17, 15) is 13.2 Å². The highest BCUT2D eigenvalue weighted by molar-refractivity contribution is 7.91. The van der Waals surface area contributed by atoms with Crippen molar-refractivity contribution in [1.82, 2.24) is 25.1 Å². The Labute approximate surface area is 210 Å². The van der Waals surface area contributed by atoms with Crippen molar-refractivity contribution in [3.63, 3.8) is 0 Å². The molecule has 1 amide bonds. The van der Waals surface area contributed by atoms with Crippen molar-refractivity contribution in [2.45, 2.75) is 37.1 Å². The second kappa shape index (κ2) is 9.82. The van der Waals surface area contributed by atoms with E-state index in [-0.39, 0.29) is 27.3 Å². The Bertz CT molecular complexity index is 1440. The van der Waals surface area contributed by atoms with Gasteiger partial charge in [-0.1, -0.05) is 73.1 Å². The lowest BCUT2D eigenvalue weighted by atomic mass is 9.87. The molecular formula is C22H21ClN6O4S2. The van der Waals surface area contributed by atoms with Gasteiger partial charge < -0.3 is 4.52 Å². The van der Waals surface area contributed by atoms with E-state index >= 15 is 0 Å². The zero-order chi connectivity index (χ0) is 25.2. The summed E-state index contributed by atoms with van der Waals surface area (Å²) in [5, 5.41) is 14.3. The number of anilines is 1. The van der Waals surface area contributed by atoms with E-state index < -0.39 is 15.9 Å². The van der Waals surface area contributed by atoms with Crippen molar-refractivity contribution in [2.24, 2.45) is 0 Å². The van der Waals surface area contributed by atoms with Gasteiger partial charge in [0.2, 0.25) is 21.2 Å². The summed E-state index contributed by atoms with van der Waals surface area (Å²) in [5.74, 6) is -0.0318. The zero-order valence-corrected chi connectivity index (χ0v) is 21.3. The van der Waals surface area contributed by atoms with E-state index in [2.05, 4.69) is 51.1 Å². The lowest BCUT2D eigenvalue weighted by Crippen LogP contribution is -2.23. The Morgan fingerprint density at radius 1 is 1.06 bits per heavy atom. The lowest BCUT2D eigenvalue weighted by molar-refractivity contribution is 0.102. The molecule has 13 heteroatoms. The number of rotatable bonds is 7. The Kier molecular flexibility index (Phi) is 6.99. The van der Waals surface area contributed by atoms with Crippen LogP contribution < -0.4 is 10.0 Å². The molecule has 10 nitrogen and oxygen atoms in total. The van der Waals surface area contributed by atoms with Gasteiger partial charge in [0.1, 0.15) is 0 Å². The zero-order valence-electron chi connectivity index (χ0n) is 18.9. The third-order valence-corrected chi connectivity index (χ3v) is 7.71. The number of sulfonamides is 1. The molecule has 2 aromatic heterocycles. The first kappa shape index (κ1) is 24.9. The van der Waals surface area contributed by atoms with E-state index in [0.717, 1.165) is 5.56 Å². The maximum absolute atomic E-state index is 12.6. The molecule has 2 heterocycles. The molecule has 0 spiro atoms. The van der Waals surface area contributed by atoms with Crippen LogP contribution in [-0.4, -0.2) is 34.7 Å². The van der Waals surface area contributed by atoms with E-state index in [4.69, 9.17) is 16.1 Å².